The monoisotopic (exact) mass is 438 g/mol. The third-order valence-electron chi connectivity index (χ3n) is 5.86. The number of nitrogens with one attached hydrogen (secondary N) is 1. The molecule has 7 nitrogen and oxygen atoms in total. The first kappa shape index (κ1) is 24.5. The van der Waals surface area contributed by atoms with Gasteiger partial charge in [0.25, 0.3) is 0 Å². The highest BCUT2D eigenvalue weighted by Gasteiger charge is 2.24. The van der Waals surface area contributed by atoms with Gasteiger partial charge in [-0.3, -0.25) is 4.79 Å². The van der Waals surface area contributed by atoms with Gasteiger partial charge in [0.05, 0.1) is 22.8 Å². The van der Waals surface area contributed by atoms with E-state index in [9.17, 15) is 13.2 Å². The number of likely N-dealkylation sites (tertiary alicyclic amines) is 1. The fourth-order valence-corrected chi connectivity index (χ4v) is 5.55. The first-order valence-electron chi connectivity index (χ1n) is 11.2. The molecule has 1 amide bonds. The number of hydrogen-bond acceptors (Lipinski definition) is 5. The number of carbonyl (C=O) groups excluding carboxylic acids is 1. The van der Waals surface area contributed by atoms with Crippen LogP contribution >= 0.6 is 0 Å². The molecule has 1 saturated heterocycles. The van der Waals surface area contributed by atoms with E-state index in [-0.39, 0.29) is 17.3 Å². The summed E-state index contributed by atoms with van der Waals surface area (Å²) in [5.41, 5.74) is 1.60. The Hall–Kier alpha value is -1.80. The molecule has 2 rings (SSSR count). The van der Waals surface area contributed by atoms with Gasteiger partial charge < -0.3 is 15.1 Å². The van der Waals surface area contributed by atoms with E-state index in [2.05, 4.69) is 31.0 Å². The lowest BCUT2D eigenvalue weighted by atomic mass is 10.0. The van der Waals surface area contributed by atoms with E-state index in [0.29, 0.717) is 24.7 Å². The van der Waals surface area contributed by atoms with Gasteiger partial charge in [-0.25, -0.2) is 8.42 Å². The van der Waals surface area contributed by atoms with Crippen molar-refractivity contribution in [3.05, 3.63) is 18.2 Å². The van der Waals surface area contributed by atoms with Crippen LogP contribution in [0.15, 0.2) is 23.1 Å². The highest BCUT2D eigenvalue weighted by Crippen LogP contribution is 2.30. The molecule has 1 aromatic rings. The molecule has 0 radical (unpaired) electrons. The molecule has 0 saturated carbocycles. The quantitative estimate of drug-likeness (QED) is 0.607. The van der Waals surface area contributed by atoms with Crippen LogP contribution in [-0.4, -0.2) is 69.3 Å². The minimum atomic E-state index is -3.57. The summed E-state index contributed by atoms with van der Waals surface area (Å²) in [4.78, 5) is 17.1. The SMILES string of the molecule is CCN(CC)c1ccc(S(=O)(=O)N(CC)CC)cc1NCC(=O)N1CCCC(C)C1. The van der Waals surface area contributed by atoms with Gasteiger partial charge in [-0.15, -0.1) is 0 Å². The van der Waals surface area contributed by atoms with Crippen molar-refractivity contribution in [2.45, 2.75) is 52.4 Å². The van der Waals surface area contributed by atoms with Gasteiger partial charge in [-0.1, -0.05) is 20.8 Å². The number of piperidine rings is 1. The topological polar surface area (TPSA) is 73.0 Å². The summed E-state index contributed by atoms with van der Waals surface area (Å²) in [6, 6.07) is 5.19. The normalized spacial score (nSPS) is 17.3. The van der Waals surface area contributed by atoms with Crippen LogP contribution in [0.1, 0.15) is 47.5 Å². The summed E-state index contributed by atoms with van der Waals surface area (Å²) in [6.45, 7) is 14.2. The van der Waals surface area contributed by atoms with Crippen LogP contribution in [-0.2, 0) is 14.8 Å². The fourth-order valence-electron chi connectivity index (χ4n) is 4.07. The number of carbonyl (C=O) groups is 1. The maximum absolute atomic E-state index is 13.0. The molecular weight excluding hydrogens is 400 g/mol. The molecule has 1 fully saturated rings. The molecule has 0 aromatic heterocycles. The van der Waals surface area contributed by atoms with Crippen molar-refractivity contribution in [2.24, 2.45) is 5.92 Å². The van der Waals surface area contributed by atoms with Crippen LogP contribution in [0.2, 0.25) is 0 Å². The predicted molar refractivity (Wildman–Crippen MR) is 124 cm³/mol. The lowest BCUT2D eigenvalue weighted by Gasteiger charge is -2.31. The summed E-state index contributed by atoms with van der Waals surface area (Å²) in [5, 5.41) is 3.25. The molecule has 1 aliphatic rings. The molecule has 0 aliphatic carbocycles. The van der Waals surface area contributed by atoms with Crippen molar-refractivity contribution < 1.29 is 13.2 Å². The molecule has 1 aliphatic heterocycles. The summed E-state index contributed by atoms with van der Waals surface area (Å²) in [5.74, 6) is 0.584. The van der Waals surface area contributed by atoms with Crippen LogP contribution in [0.25, 0.3) is 0 Å². The Morgan fingerprint density at radius 2 is 1.80 bits per heavy atom. The third kappa shape index (κ3) is 5.66. The maximum Gasteiger partial charge on any atom is 0.243 e. The van der Waals surface area contributed by atoms with Gasteiger partial charge in [0.1, 0.15) is 0 Å². The first-order chi connectivity index (χ1) is 14.3. The molecule has 1 N–H and O–H groups in total. The highest BCUT2D eigenvalue weighted by atomic mass is 32.2. The Morgan fingerprint density at radius 3 is 2.37 bits per heavy atom. The smallest absolute Gasteiger partial charge is 0.243 e. The van der Waals surface area contributed by atoms with E-state index in [1.807, 2.05) is 24.8 Å². The van der Waals surface area contributed by atoms with Crippen LogP contribution in [0.3, 0.4) is 0 Å². The second-order valence-electron chi connectivity index (χ2n) is 7.88. The van der Waals surface area contributed by atoms with Crippen LogP contribution in [0.5, 0.6) is 0 Å². The van der Waals surface area contributed by atoms with Crippen molar-refractivity contribution in [3.8, 4) is 0 Å². The van der Waals surface area contributed by atoms with E-state index in [0.717, 1.165) is 44.7 Å². The summed E-state index contributed by atoms with van der Waals surface area (Å²) >= 11 is 0. The first-order valence-corrected chi connectivity index (χ1v) is 12.6. The minimum absolute atomic E-state index is 0.0593. The zero-order valence-corrected chi connectivity index (χ0v) is 20.0. The Labute approximate surface area is 182 Å². The number of sulfonamides is 1. The highest BCUT2D eigenvalue weighted by molar-refractivity contribution is 7.89. The van der Waals surface area contributed by atoms with Gasteiger partial charge in [0.2, 0.25) is 15.9 Å². The standard InChI is InChI=1S/C22H38N4O3S/c1-6-24(7-2)21-13-12-19(30(28,29)26(8-3)9-4)15-20(21)23-16-22(27)25-14-10-11-18(5)17-25/h12-13,15,18,23H,6-11,14,16-17H2,1-5H3. The molecule has 170 valence electrons. The molecule has 0 bridgehead atoms. The number of benzene rings is 1. The molecule has 1 heterocycles. The molecule has 1 aromatic carbocycles. The Bertz CT molecular complexity index is 805. The Balaban J connectivity index is 2.30. The second-order valence-corrected chi connectivity index (χ2v) is 9.82. The molecule has 8 heteroatoms. The van der Waals surface area contributed by atoms with E-state index in [1.165, 1.54) is 4.31 Å². The van der Waals surface area contributed by atoms with Crippen molar-refractivity contribution in [1.82, 2.24) is 9.21 Å². The van der Waals surface area contributed by atoms with E-state index >= 15 is 0 Å². The fraction of sp³-hybridized carbons (Fsp3) is 0.682. The maximum atomic E-state index is 13.0. The lowest BCUT2D eigenvalue weighted by molar-refractivity contribution is -0.130. The molecular formula is C22H38N4O3S. The number of amides is 1. The Morgan fingerprint density at radius 1 is 1.13 bits per heavy atom. The van der Waals surface area contributed by atoms with Crippen molar-refractivity contribution in [3.63, 3.8) is 0 Å². The van der Waals surface area contributed by atoms with Crippen molar-refractivity contribution >= 4 is 27.3 Å². The number of anilines is 2. The zero-order valence-electron chi connectivity index (χ0n) is 19.1. The van der Waals surface area contributed by atoms with Gasteiger partial charge >= 0.3 is 0 Å². The van der Waals surface area contributed by atoms with Gasteiger partial charge in [-0.05, 0) is 50.8 Å². The second kappa shape index (κ2) is 11.0. The number of nitrogens with zero attached hydrogens (tertiary/aromatic N) is 3. The van der Waals surface area contributed by atoms with Gasteiger partial charge in [0.15, 0.2) is 0 Å². The summed E-state index contributed by atoms with van der Waals surface area (Å²) < 4.78 is 27.4. The van der Waals surface area contributed by atoms with Crippen LogP contribution in [0.4, 0.5) is 11.4 Å². The van der Waals surface area contributed by atoms with E-state index < -0.39 is 10.0 Å². The predicted octanol–water partition coefficient (Wildman–Crippen LogP) is 3.23. The van der Waals surface area contributed by atoms with Gasteiger partial charge in [0, 0.05) is 39.3 Å². The lowest BCUT2D eigenvalue weighted by Crippen LogP contribution is -2.42. The van der Waals surface area contributed by atoms with Gasteiger partial charge in [-0.2, -0.15) is 4.31 Å². The summed E-state index contributed by atoms with van der Waals surface area (Å²) in [6.07, 6.45) is 2.20. The molecule has 1 unspecified atom stereocenters. The van der Waals surface area contributed by atoms with E-state index in [1.54, 1.807) is 12.1 Å². The van der Waals surface area contributed by atoms with E-state index in [4.69, 9.17) is 0 Å². The third-order valence-corrected chi connectivity index (χ3v) is 7.90. The summed E-state index contributed by atoms with van der Waals surface area (Å²) in [7, 11) is -3.57. The van der Waals surface area contributed by atoms with Crippen molar-refractivity contribution in [2.75, 3.05) is 56.0 Å². The van der Waals surface area contributed by atoms with Crippen molar-refractivity contribution in [1.29, 1.82) is 0 Å². The van der Waals surface area contributed by atoms with Crippen LogP contribution in [0, 0.1) is 5.92 Å². The number of hydrogen-bond donors (Lipinski definition) is 1. The average Bonchev–Trinajstić information content (AvgIpc) is 2.74. The Kier molecular flexibility index (Phi) is 8.97. The molecule has 1 atom stereocenters. The largest absolute Gasteiger partial charge is 0.374 e. The minimum Gasteiger partial charge on any atom is -0.374 e. The number of rotatable bonds is 10. The molecule has 0 spiro atoms. The zero-order chi connectivity index (χ0) is 22.3. The average molecular weight is 439 g/mol. The van der Waals surface area contributed by atoms with Crippen LogP contribution < -0.4 is 10.2 Å². The molecule has 30 heavy (non-hydrogen) atoms.